The summed E-state index contributed by atoms with van der Waals surface area (Å²) >= 11 is 0. The Kier molecular flexibility index (Phi) is 7.24. The van der Waals surface area contributed by atoms with Gasteiger partial charge in [-0.3, -0.25) is 9.78 Å². The summed E-state index contributed by atoms with van der Waals surface area (Å²) < 4.78 is 22.0. The first-order valence-electron chi connectivity index (χ1n) is 11.2. The molecule has 2 aliphatic carbocycles. The van der Waals surface area contributed by atoms with Gasteiger partial charge in [0.05, 0.1) is 11.9 Å². The zero-order chi connectivity index (χ0) is 22.3. The molecule has 0 unspecified atom stereocenters. The van der Waals surface area contributed by atoms with E-state index < -0.39 is 0 Å². The van der Waals surface area contributed by atoms with E-state index >= 15 is 0 Å². The molecule has 9 heteroatoms. The number of hydrogen-bond donors (Lipinski definition) is 0. The summed E-state index contributed by atoms with van der Waals surface area (Å²) in [6.45, 7) is 0.494. The van der Waals surface area contributed by atoms with Crippen molar-refractivity contribution in [3.05, 3.63) is 30.5 Å². The average molecular weight is 444 g/mol. The molecule has 0 bridgehead atoms. The van der Waals surface area contributed by atoms with E-state index in [-0.39, 0.29) is 30.9 Å². The zero-order valence-corrected chi connectivity index (χ0v) is 18.3. The van der Waals surface area contributed by atoms with Crippen molar-refractivity contribution in [2.45, 2.75) is 76.2 Å². The number of rotatable bonds is 8. The number of ether oxygens (including phenoxy) is 3. The molecule has 0 aromatic carbocycles. The van der Waals surface area contributed by atoms with Crippen LogP contribution in [0.5, 0.6) is 5.75 Å². The molecule has 32 heavy (non-hydrogen) atoms. The Balaban J connectivity index is 1.33. The highest BCUT2D eigenvalue weighted by atomic mass is 16.6. The maximum Gasteiger partial charge on any atom is 0.410 e. The first-order chi connectivity index (χ1) is 15.6. The first-order valence-corrected chi connectivity index (χ1v) is 11.2. The van der Waals surface area contributed by atoms with Crippen molar-refractivity contribution in [3.8, 4) is 17.1 Å². The number of aromatic nitrogens is 2. The molecule has 2 aromatic heterocycles. The highest BCUT2D eigenvalue weighted by Crippen LogP contribution is 2.28. The molecule has 2 aromatic rings. The standard InChI is InChI=1S/C23H29N3O6/c1-26(16-5-2-3-6-16)23(28)29-13-21-22(25-14-30-21)20-10-9-19(12-24-20)32-18-8-4-7-17(11-18)31-15-27/h9-10,12,14-18H,2-8,11,13H2,1H3/t17-,18-/m0/s1. The van der Waals surface area contributed by atoms with Crippen LogP contribution in [0.2, 0.25) is 0 Å². The Labute approximate surface area is 187 Å². The molecule has 1 amide bonds. The quantitative estimate of drug-likeness (QED) is 0.562. The molecule has 2 fully saturated rings. The van der Waals surface area contributed by atoms with Crippen molar-refractivity contribution in [2.75, 3.05) is 7.05 Å². The van der Waals surface area contributed by atoms with Gasteiger partial charge in [-0.25, -0.2) is 9.78 Å². The molecule has 0 radical (unpaired) electrons. The lowest BCUT2D eigenvalue weighted by atomic mass is 9.95. The molecule has 0 aliphatic heterocycles. The molecule has 2 saturated carbocycles. The molecule has 0 spiro atoms. The number of pyridine rings is 1. The van der Waals surface area contributed by atoms with Crippen LogP contribution < -0.4 is 4.74 Å². The summed E-state index contributed by atoms with van der Waals surface area (Å²) in [5.41, 5.74) is 1.14. The average Bonchev–Trinajstić information content (AvgIpc) is 3.50. The first kappa shape index (κ1) is 22.1. The third-order valence-corrected chi connectivity index (χ3v) is 6.24. The number of nitrogens with zero attached hydrogens (tertiary/aromatic N) is 3. The summed E-state index contributed by atoms with van der Waals surface area (Å²) in [7, 11) is 1.78. The van der Waals surface area contributed by atoms with Crippen LogP contribution in [0.3, 0.4) is 0 Å². The van der Waals surface area contributed by atoms with Gasteiger partial charge in [0, 0.05) is 19.5 Å². The van der Waals surface area contributed by atoms with Crippen LogP contribution in [0.15, 0.2) is 29.1 Å². The van der Waals surface area contributed by atoms with Crippen molar-refractivity contribution < 1.29 is 28.2 Å². The van der Waals surface area contributed by atoms with Crippen molar-refractivity contribution in [2.24, 2.45) is 0 Å². The molecule has 4 rings (SSSR count). The van der Waals surface area contributed by atoms with Crippen LogP contribution in [-0.2, 0) is 20.9 Å². The van der Waals surface area contributed by atoms with E-state index in [1.165, 1.54) is 6.39 Å². The van der Waals surface area contributed by atoms with Gasteiger partial charge in [-0.1, -0.05) is 12.8 Å². The monoisotopic (exact) mass is 443 g/mol. The Hall–Kier alpha value is -3.10. The molecule has 2 heterocycles. The minimum Gasteiger partial charge on any atom is -0.489 e. The smallest absolute Gasteiger partial charge is 0.410 e. The van der Waals surface area contributed by atoms with Gasteiger partial charge >= 0.3 is 6.09 Å². The van der Waals surface area contributed by atoms with Gasteiger partial charge in [0.2, 0.25) is 0 Å². The van der Waals surface area contributed by atoms with Crippen LogP contribution >= 0.6 is 0 Å². The SMILES string of the molecule is CN(C(=O)OCc1ocnc1-c1ccc(O[C@H]2CCC[C@H](OC=O)C2)cn1)C1CCCC1. The second kappa shape index (κ2) is 10.5. The van der Waals surface area contributed by atoms with Gasteiger partial charge in [0.25, 0.3) is 6.47 Å². The fourth-order valence-electron chi connectivity index (χ4n) is 4.45. The van der Waals surface area contributed by atoms with Crippen molar-refractivity contribution in [3.63, 3.8) is 0 Å². The third-order valence-electron chi connectivity index (χ3n) is 6.24. The highest BCUT2D eigenvalue weighted by Gasteiger charge is 2.26. The number of hydrogen-bond acceptors (Lipinski definition) is 8. The van der Waals surface area contributed by atoms with Gasteiger partial charge in [0.1, 0.15) is 23.7 Å². The van der Waals surface area contributed by atoms with E-state index in [9.17, 15) is 9.59 Å². The number of oxazole rings is 1. The van der Waals surface area contributed by atoms with E-state index in [1.807, 2.05) is 6.07 Å². The lowest BCUT2D eigenvalue weighted by Crippen LogP contribution is -2.35. The maximum atomic E-state index is 12.4. The molecular weight excluding hydrogens is 414 g/mol. The molecule has 9 nitrogen and oxygen atoms in total. The lowest BCUT2D eigenvalue weighted by molar-refractivity contribution is -0.136. The van der Waals surface area contributed by atoms with Gasteiger partial charge in [-0.2, -0.15) is 0 Å². The minimum atomic E-state index is -0.361. The van der Waals surface area contributed by atoms with Crippen LogP contribution in [0.1, 0.15) is 57.1 Å². The molecule has 0 saturated heterocycles. The molecular formula is C23H29N3O6. The lowest BCUT2D eigenvalue weighted by Gasteiger charge is -2.28. The Bertz CT molecular complexity index is 893. The molecule has 172 valence electrons. The second-order valence-corrected chi connectivity index (χ2v) is 8.37. The van der Waals surface area contributed by atoms with Gasteiger partial charge in [-0.15, -0.1) is 0 Å². The predicted molar refractivity (Wildman–Crippen MR) is 114 cm³/mol. The van der Waals surface area contributed by atoms with E-state index in [4.69, 9.17) is 18.6 Å². The predicted octanol–water partition coefficient (Wildman–Crippen LogP) is 4.11. The van der Waals surface area contributed by atoms with E-state index in [0.717, 1.165) is 44.9 Å². The summed E-state index contributed by atoms with van der Waals surface area (Å²) in [5, 5.41) is 0. The Morgan fingerprint density at radius 3 is 2.72 bits per heavy atom. The molecule has 0 N–H and O–H groups in total. The van der Waals surface area contributed by atoms with Crippen molar-refractivity contribution >= 4 is 12.6 Å². The van der Waals surface area contributed by atoms with Crippen LogP contribution in [0.25, 0.3) is 11.4 Å². The van der Waals surface area contributed by atoms with E-state index in [0.29, 0.717) is 35.8 Å². The summed E-state index contributed by atoms with van der Waals surface area (Å²) in [6.07, 6.45) is 10.2. The summed E-state index contributed by atoms with van der Waals surface area (Å²) in [6, 6.07) is 3.87. The van der Waals surface area contributed by atoms with Crippen LogP contribution in [0.4, 0.5) is 4.79 Å². The van der Waals surface area contributed by atoms with Crippen LogP contribution in [0, 0.1) is 0 Å². The Morgan fingerprint density at radius 2 is 1.97 bits per heavy atom. The fraction of sp³-hybridized carbons (Fsp3) is 0.565. The van der Waals surface area contributed by atoms with E-state index in [2.05, 4.69) is 9.97 Å². The maximum absolute atomic E-state index is 12.4. The zero-order valence-electron chi connectivity index (χ0n) is 18.3. The topological polar surface area (TPSA) is 104 Å². The van der Waals surface area contributed by atoms with Crippen molar-refractivity contribution in [1.29, 1.82) is 0 Å². The fourth-order valence-corrected chi connectivity index (χ4v) is 4.45. The second-order valence-electron chi connectivity index (χ2n) is 8.37. The molecule has 2 aliphatic rings. The summed E-state index contributed by atoms with van der Waals surface area (Å²) in [4.78, 5) is 33.3. The van der Waals surface area contributed by atoms with Crippen molar-refractivity contribution in [1.82, 2.24) is 14.9 Å². The Morgan fingerprint density at radius 1 is 1.16 bits per heavy atom. The number of carbonyl (C=O) groups is 2. The molecule has 2 atom stereocenters. The number of carbonyl (C=O) groups excluding carboxylic acids is 2. The highest BCUT2D eigenvalue weighted by molar-refractivity contribution is 5.68. The van der Waals surface area contributed by atoms with Crippen LogP contribution in [-0.4, -0.2) is 52.7 Å². The summed E-state index contributed by atoms with van der Waals surface area (Å²) in [5.74, 6) is 1.08. The third kappa shape index (κ3) is 5.38. The van der Waals surface area contributed by atoms with Gasteiger partial charge < -0.3 is 23.5 Å². The number of amides is 1. The van der Waals surface area contributed by atoms with Gasteiger partial charge in [0.15, 0.2) is 18.8 Å². The normalized spacial score (nSPS) is 21.2. The van der Waals surface area contributed by atoms with Gasteiger partial charge in [-0.05, 0) is 44.2 Å². The largest absolute Gasteiger partial charge is 0.489 e. The van der Waals surface area contributed by atoms with E-state index in [1.54, 1.807) is 24.2 Å². The minimum absolute atomic E-state index is 0.00858.